The molecule has 5 nitrogen and oxygen atoms in total. The van der Waals surface area contributed by atoms with Crippen molar-refractivity contribution in [2.24, 2.45) is 5.41 Å². The van der Waals surface area contributed by atoms with E-state index in [1.165, 1.54) is 19.2 Å². The summed E-state index contributed by atoms with van der Waals surface area (Å²) >= 11 is 0. The summed E-state index contributed by atoms with van der Waals surface area (Å²) in [6.07, 6.45) is -3.63. The summed E-state index contributed by atoms with van der Waals surface area (Å²) in [7, 11) is 1.31. The standard InChI is InChI=1S/C13H15F2NO4/c1-12(2,11(17)18-3)7-16-8-4-5-9-10(6-8)20-13(14,15)19-9/h4-6,16H,7H2,1-3H3. The number of carbonyl (C=O) groups is 1. The van der Waals surface area contributed by atoms with E-state index in [4.69, 9.17) is 0 Å². The first kappa shape index (κ1) is 14.4. The number of ether oxygens (including phenoxy) is 3. The van der Waals surface area contributed by atoms with Crippen molar-refractivity contribution in [1.82, 2.24) is 0 Å². The van der Waals surface area contributed by atoms with Gasteiger partial charge in [-0.15, -0.1) is 8.78 Å². The lowest BCUT2D eigenvalue weighted by molar-refractivity contribution is -0.286. The Hall–Kier alpha value is -2.05. The Labute approximate surface area is 114 Å². The van der Waals surface area contributed by atoms with Crippen molar-refractivity contribution in [2.45, 2.75) is 20.1 Å². The predicted molar refractivity (Wildman–Crippen MR) is 66.9 cm³/mol. The number of nitrogens with one attached hydrogen (secondary N) is 1. The van der Waals surface area contributed by atoms with Gasteiger partial charge in [-0.3, -0.25) is 4.79 Å². The fourth-order valence-corrected chi connectivity index (χ4v) is 1.73. The number of anilines is 1. The molecule has 0 unspecified atom stereocenters. The van der Waals surface area contributed by atoms with Gasteiger partial charge in [-0.2, -0.15) is 0 Å². The fourth-order valence-electron chi connectivity index (χ4n) is 1.73. The lowest BCUT2D eigenvalue weighted by Gasteiger charge is -2.22. The summed E-state index contributed by atoms with van der Waals surface area (Å²) in [4.78, 5) is 11.5. The van der Waals surface area contributed by atoms with Gasteiger partial charge in [0.2, 0.25) is 0 Å². The summed E-state index contributed by atoms with van der Waals surface area (Å²) in [6, 6.07) is 4.34. The number of fused-ring (bicyclic) bond motifs is 1. The smallest absolute Gasteiger partial charge is 0.469 e. The molecule has 0 bridgehead atoms. The van der Waals surface area contributed by atoms with E-state index in [0.29, 0.717) is 5.69 Å². The zero-order valence-corrected chi connectivity index (χ0v) is 11.3. The molecule has 1 N–H and O–H groups in total. The van der Waals surface area contributed by atoms with Gasteiger partial charge in [0.15, 0.2) is 11.5 Å². The van der Waals surface area contributed by atoms with Crippen LogP contribution in [0, 0.1) is 5.41 Å². The maximum atomic E-state index is 12.9. The second kappa shape index (κ2) is 4.81. The topological polar surface area (TPSA) is 56.8 Å². The summed E-state index contributed by atoms with van der Waals surface area (Å²) in [5, 5.41) is 2.98. The van der Waals surface area contributed by atoms with E-state index >= 15 is 0 Å². The number of carbonyl (C=O) groups excluding carboxylic acids is 1. The highest BCUT2D eigenvalue weighted by molar-refractivity contribution is 5.76. The number of hydrogen-bond acceptors (Lipinski definition) is 5. The number of methoxy groups -OCH3 is 1. The maximum Gasteiger partial charge on any atom is 0.586 e. The van der Waals surface area contributed by atoms with E-state index in [2.05, 4.69) is 19.5 Å². The molecule has 0 saturated heterocycles. The lowest BCUT2D eigenvalue weighted by atomic mass is 9.93. The largest absolute Gasteiger partial charge is 0.586 e. The highest BCUT2D eigenvalue weighted by Gasteiger charge is 2.43. The average Bonchev–Trinajstić information content (AvgIpc) is 2.68. The molecular formula is C13H15F2NO4. The number of hydrogen-bond donors (Lipinski definition) is 1. The quantitative estimate of drug-likeness (QED) is 0.863. The van der Waals surface area contributed by atoms with Crippen molar-refractivity contribution in [1.29, 1.82) is 0 Å². The van der Waals surface area contributed by atoms with Crippen LogP contribution >= 0.6 is 0 Å². The van der Waals surface area contributed by atoms with Crippen molar-refractivity contribution < 1.29 is 27.8 Å². The molecular weight excluding hydrogens is 272 g/mol. The second-order valence-corrected chi connectivity index (χ2v) is 5.06. The number of halogens is 2. The molecule has 0 amide bonds. The molecule has 0 saturated carbocycles. The average molecular weight is 287 g/mol. The highest BCUT2D eigenvalue weighted by atomic mass is 19.3. The molecule has 110 valence electrons. The molecule has 0 fully saturated rings. The SMILES string of the molecule is COC(=O)C(C)(C)CNc1ccc2c(c1)OC(F)(F)O2. The normalized spacial score (nSPS) is 15.8. The zero-order valence-electron chi connectivity index (χ0n) is 11.3. The van der Waals surface area contributed by atoms with Gasteiger partial charge >= 0.3 is 12.3 Å². The minimum Gasteiger partial charge on any atom is -0.469 e. The number of esters is 1. The minimum absolute atomic E-state index is 0.0206. The third kappa shape index (κ3) is 2.92. The van der Waals surface area contributed by atoms with Gasteiger partial charge in [-0.05, 0) is 26.0 Å². The Bertz CT molecular complexity index is 531. The van der Waals surface area contributed by atoms with Crippen LogP contribution in [0.15, 0.2) is 18.2 Å². The molecule has 0 atom stereocenters. The molecule has 2 rings (SSSR count). The van der Waals surface area contributed by atoms with E-state index in [1.807, 2.05) is 0 Å². The van der Waals surface area contributed by atoms with Crippen molar-refractivity contribution in [2.75, 3.05) is 19.0 Å². The van der Waals surface area contributed by atoms with Gasteiger partial charge in [-0.1, -0.05) is 0 Å². The summed E-state index contributed by atoms with van der Waals surface area (Å²) in [5.41, 5.74) is -0.197. The van der Waals surface area contributed by atoms with Crippen LogP contribution in [0.3, 0.4) is 0 Å². The van der Waals surface area contributed by atoms with Crippen molar-refractivity contribution in [3.8, 4) is 11.5 Å². The van der Waals surface area contributed by atoms with Gasteiger partial charge in [0.05, 0.1) is 12.5 Å². The fraction of sp³-hybridized carbons (Fsp3) is 0.462. The molecule has 0 radical (unpaired) electrons. The molecule has 1 aliphatic heterocycles. The third-order valence-corrected chi connectivity index (χ3v) is 2.87. The minimum atomic E-state index is -3.63. The van der Waals surface area contributed by atoms with Crippen LogP contribution in [0.5, 0.6) is 11.5 Å². The van der Waals surface area contributed by atoms with Gasteiger partial charge in [-0.25, -0.2) is 0 Å². The van der Waals surface area contributed by atoms with Gasteiger partial charge < -0.3 is 19.5 Å². The number of rotatable bonds is 4. The third-order valence-electron chi connectivity index (χ3n) is 2.87. The van der Waals surface area contributed by atoms with Gasteiger partial charge in [0.1, 0.15) is 0 Å². The molecule has 0 aromatic heterocycles. The van der Waals surface area contributed by atoms with E-state index in [9.17, 15) is 13.6 Å². The molecule has 1 aromatic rings. The first-order valence-electron chi connectivity index (χ1n) is 5.96. The van der Waals surface area contributed by atoms with E-state index < -0.39 is 11.7 Å². The van der Waals surface area contributed by atoms with Crippen LogP contribution in [0.1, 0.15) is 13.8 Å². The Morgan fingerprint density at radius 1 is 1.35 bits per heavy atom. The first-order valence-corrected chi connectivity index (χ1v) is 5.96. The van der Waals surface area contributed by atoms with Crippen LogP contribution < -0.4 is 14.8 Å². The Morgan fingerprint density at radius 2 is 2.00 bits per heavy atom. The molecule has 7 heteroatoms. The molecule has 0 aliphatic carbocycles. The Morgan fingerprint density at radius 3 is 2.65 bits per heavy atom. The summed E-state index contributed by atoms with van der Waals surface area (Å²) in [5.74, 6) is -0.430. The van der Waals surface area contributed by atoms with Crippen LogP contribution in [0.25, 0.3) is 0 Å². The second-order valence-electron chi connectivity index (χ2n) is 5.06. The molecule has 0 spiro atoms. The zero-order chi connectivity index (χ0) is 15.0. The highest BCUT2D eigenvalue weighted by Crippen LogP contribution is 2.42. The van der Waals surface area contributed by atoms with Gasteiger partial charge in [0.25, 0.3) is 0 Å². The van der Waals surface area contributed by atoms with Crippen molar-refractivity contribution in [3.63, 3.8) is 0 Å². The number of benzene rings is 1. The Balaban J connectivity index is 2.05. The number of alkyl halides is 2. The lowest BCUT2D eigenvalue weighted by Crippen LogP contribution is -2.33. The van der Waals surface area contributed by atoms with E-state index in [-0.39, 0.29) is 24.0 Å². The summed E-state index contributed by atoms with van der Waals surface area (Å²) in [6.45, 7) is 3.72. The predicted octanol–water partition coefficient (Wildman–Crippen LogP) is 2.62. The molecule has 20 heavy (non-hydrogen) atoms. The van der Waals surface area contributed by atoms with Gasteiger partial charge in [0, 0.05) is 18.3 Å². The van der Waals surface area contributed by atoms with Crippen molar-refractivity contribution in [3.05, 3.63) is 18.2 Å². The molecule has 1 aliphatic rings. The van der Waals surface area contributed by atoms with Crippen LogP contribution in [-0.4, -0.2) is 25.9 Å². The van der Waals surface area contributed by atoms with Crippen LogP contribution in [0.2, 0.25) is 0 Å². The van der Waals surface area contributed by atoms with E-state index in [1.54, 1.807) is 19.9 Å². The Kier molecular flexibility index (Phi) is 3.45. The summed E-state index contributed by atoms with van der Waals surface area (Å²) < 4.78 is 39.1. The maximum absolute atomic E-state index is 12.9. The molecule has 1 aromatic carbocycles. The van der Waals surface area contributed by atoms with Crippen LogP contribution in [0.4, 0.5) is 14.5 Å². The van der Waals surface area contributed by atoms with Crippen molar-refractivity contribution >= 4 is 11.7 Å². The first-order chi connectivity index (χ1) is 9.23. The van der Waals surface area contributed by atoms with E-state index in [0.717, 1.165) is 0 Å². The monoisotopic (exact) mass is 287 g/mol. The molecule has 1 heterocycles. The van der Waals surface area contributed by atoms with Crippen LogP contribution in [-0.2, 0) is 9.53 Å².